The van der Waals surface area contributed by atoms with E-state index in [0.29, 0.717) is 41.9 Å². The second-order valence-corrected chi connectivity index (χ2v) is 8.56. The highest BCUT2D eigenvalue weighted by Gasteiger charge is 2.26. The van der Waals surface area contributed by atoms with Crippen LogP contribution in [0.2, 0.25) is 5.02 Å². The van der Waals surface area contributed by atoms with Gasteiger partial charge in [0.2, 0.25) is 17.7 Å². The lowest BCUT2D eigenvalue weighted by atomic mass is 9.96. The first-order valence-corrected chi connectivity index (χ1v) is 10.7. The van der Waals surface area contributed by atoms with Gasteiger partial charge in [-0.3, -0.25) is 9.69 Å². The quantitative estimate of drug-likeness (QED) is 0.502. The van der Waals surface area contributed by atoms with Crippen molar-refractivity contribution in [1.29, 1.82) is 0 Å². The van der Waals surface area contributed by atoms with Gasteiger partial charge in [0.15, 0.2) is 0 Å². The molecule has 1 aromatic heterocycles. The number of halogens is 2. The number of hydrogen-bond donors (Lipinski definition) is 2. The van der Waals surface area contributed by atoms with Gasteiger partial charge in [0, 0.05) is 21.0 Å². The first-order chi connectivity index (χ1) is 14.5. The largest absolute Gasteiger partial charge is 0.506 e. The van der Waals surface area contributed by atoms with E-state index in [1.165, 1.54) is 6.07 Å². The molecule has 4 rings (SSSR count). The highest BCUT2D eigenvalue weighted by molar-refractivity contribution is 9.10. The molecule has 1 aliphatic rings. The van der Waals surface area contributed by atoms with Crippen LogP contribution < -0.4 is 5.32 Å². The van der Waals surface area contributed by atoms with Crippen LogP contribution in [0.25, 0.3) is 11.5 Å². The van der Waals surface area contributed by atoms with Gasteiger partial charge in [-0.2, -0.15) is 0 Å². The Kier molecular flexibility index (Phi) is 6.36. The number of nitrogens with zero attached hydrogens (tertiary/aromatic N) is 3. The van der Waals surface area contributed by atoms with Crippen molar-refractivity contribution in [2.24, 2.45) is 5.92 Å². The third kappa shape index (κ3) is 5.00. The van der Waals surface area contributed by atoms with Crippen LogP contribution in [0.15, 0.2) is 51.4 Å². The van der Waals surface area contributed by atoms with E-state index < -0.39 is 0 Å². The van der Waals surface area contributed by atoms with Crippen LogP contribution in [0.4, 0.5) is 5.69 Å². The number of amides is 1. The van der Waals surface area contributed by atoms with Gasteiger partial charge in [-0.1, -0.05) is 27.5 Å². The zero-order valence-electron chi connectivity index (χ0n) is 16.0. The van der Waals surface area contributed by atoms with Gasteiger partial charge in [-0.15, -0.1) is 10.2 Å². The SMILES string of the molecule is O=C(Nc1cc(Cl)ccc1O)C1CCN(Cc2nnc(-c3ccc(Br)cc3)o2)CC1. The molecule has 0 atom stereocenters. The number of carbonyl (C=O) groups excluding carboxylic acids is 1. The van der Waals surface area contributed by atoms with Crippen molar-refractivity contribution >= 4 is 39.1 Å². The number of phenolic OH excluding ortho intramolecular Hbond substituents is 1. The van der Waals surface area contributed by atoms with Gasteiger partial charge < -0.3 is 14.8 Å². The van der Waals surface area contributed by atoms with Crippen LogP contribution in [-0.2, 0) is 11.3 Å². The standard InChI is InChI=1S/C21H20BrClN4O3/c22-15-3-1-14(2-4-15)21-26-25-19(30-21)12-27-9-7-13(8-10-27)20(29)24-17-11-16(23)5-6-18(17)28/h1-6,11,13,28H,7-10,12H2,(H,24,29). The van der Waals surface area contributed by atoms with Gasteiger partial charge in [0.05, 0.1) is 12.2 Å². The number of piperidine rings is 1. The average molecular weight is 492 g/mol. The van der Waals surface area contributed by atoms with Crippen molar-refractivity contribution in [3.8, 4) is 17.2 Å². The maximum absolute atomic E-state index is 12.6. The summed E-state index contributed by atoms with van der Waals surface area (Å²) in [4.78, 5) is 14.7. The van der Waals surface area contributed by atoms with E-state index in [1.54, 1.807) is 12.1 Å². The minimum atomic E-state index is -0.124. The van der Waals surface area contributed by atoms with E-state index in [0.717, 1.165) is 23.1 Å². The molecular formula is C21H20BrClN4O3. The summed E-state index contributed by atoms with van der Waals surface area (Å²) in [5, 5.41) is 21.4. The molecule has 0 spiro atoms. The van der Waals surface area contributed by atoms with E-state index in [-0.39, 0.29) is 17.6 Å². The van der Waals surface area contributed by atoms with Crippen molar-refractivity contribution in [2.75, 3.05) is 18.4 Å². The summed E-state index contributed by atoms with van der Waals surface area (Å²) in [6.45, 7) is 2.04. The summed E-state index contributed by atoms with van der Waals surface area (Å²) in [6, 6.07) is 12.3. The topological polar surface area (TPSA) is 91.5 Å². The van der Waals surface area contributed by atoms with Crippen LogP contribution in [-0.4, -0.2) is 39.2 Å². The molecule has 3 aromatic rings. The van der Waals surface area contributed by atoms with Crippen LogP contribution in [0.5, 0.6) is 5.75 Å². The molecular weight excluding hydrogens is 472 g/mol. The summed E-state index contributed by atoms with van der Waals surface area (Å²) in [5.74, 6) is 0.819. The van der Waals surface area contributed by atoms with Crippen LogP contribution >= 0.6 is 27.5 Å². The van der Waals surface area contributed by atoms with E-state index in [4.69, 9.17) is 16.0 Å². The Morgan fingerprint density at radius 3 is 2.67 bits per heavy atom. The smallest absolute Gasteiger partial charge is 0.247 e. The minimum absolute atomic E-state index is 0.00292. The molecule has 156 valence electrons. The predicted molar refractivity (Wildman–Crippen MR) is 117 cm³/mol. The van der Waals surface area contributed by atoms with Gasteiger partial charge in [-0.25, -0.2) is 0 Å². The Hall–Kier alpha value is -2.42. The molecule has 2 aromatic carbocycles. The number of rotatable bonds is 5. The predicted octanol–water partition coefficient (Wildman–Crippen LogP) is 4.71. The molecule has 0 bridgehead atoms. The number of hydrogen-bond acceptors (Lipinski definition) is 6. The van der Waals surface area contributed by atoms with Gasteiger partial charge >= 0.3 is 0 Å². The monoisotopic (exact) mass is 490 g/mol. The first-order valence-electron chi connectivity index (χ1n) is 9.58. The third-order valence-corrected chi connectivity index (χ3v) is 5.86. The Morgan fingerprint density at radius 1 is 1.20 bits per heavy atom. The molecule has 1 fully saturated rings. The summed E-state index contributed by atoms with van der Waals surface area (Å²) < 4.78 is 6.78. The van der Waals surface area contributed by atoms with E-state index in [9.17, 15) is 9.90 Å². The zero-order chi connectivity index (χ0) is 21.1. The molecule has 1 saturated heterocycles. The number of phenols is 1. The van der Waals surface area contributed by atoms with Gasteiger partial charge in [0.1, 0.15) is 5.75 Å². The molecule has 30 heavy (non-hydrogen) atoms. The molecule has 2 N–H and O–H groups in total. The number of carbonyl (C=O) groups is 1. The van der Waals surface area contributed by atoms with Crippen LogP contribution in [0.3, 0.4) is 0 Å². The molecule has 2 heterocycles. The second-order valence-electron chi connectivity index (χ2n) is 7.21. The average Bonchev–Trinajstić information content (AvgIpc) is 3.20. The summed E-state index contributed by atoms with van der Waals surface area (Å²) in [5.41, 5.74) is 1.21. The molecule has 0 saturated carbocycles. The van der Waals surface area contributed by atoms with Gasteiger partial charge in [-0.05, 0) is 68.4 Å². The number of aromatic hydroxyl groups is 1. The van der Waals surface area contributed by atoms with E-state index in [2.05, 4.69) is 36.3 Å². The molecule has 0 unspecified atom stereocenters. The van der Waals surface area contributed by atoms with Gasteiger partial charge in [0.25, 0.3) is 0 Å². The number of aromatic nitrogens is 2. The van der Waals surface area contributed by atoms with E-state index in [1.807, 2.05) is 24.3 Å². The molecule has 9 heteroatoms. The number of nitrogens with one attached hydrogen (secondary N) is 1. The van der Waals surface area contributed by atoms with E-state index >= 15 is 0 Å². The normalized spacial score (nSPS) is 15.3. The Bertz CT molecular complexity index is 1030. The van der Waals surface area contributed by atoms with Crippen LogP contribution in [0, 0.1) is 5.92 Å². The Balaban J connectivity index is 1.30. The minimum Gasteiger partial charge on any atom is -0.506 e. The molecule has 0 aliphatic carbocycles. The Labute approximate surface area is 187 Å². The Morgan fingerprint density at radius 2 is 1.93 bits per heavy atom. The number of anilines is 1. The molecule has 0 radical (unpaired) electrons. The fraction of sp³-hybridized carbons (Fsp3) is 0.286. The fourth-order valence-corrected chi connectivity index (χ4v) is 3.85. The fourth-order valence-electron chi connectivity index (χ4n) is 3.41. The highest BCUT2D eigenvalue weighted by Crippen LogP contribution is 2.28. The highest BCUT2D eigenvalue weighted by atomic mass is 79.9. The van der Waals surface area contributed by atoms with Crippen molar-refractivity contribution in [1.82, 2.24) is 15.1 Å². The number of likely N-dealkylation sites (tertiary alicyclic amines) is 1. The third-order valence-electron chi connectivity index (χ3n) is 5.09. The van der Waals surface area contributed by atoms with Crippen molar-refractivity contribution in [3.05, 3.63) is 57.9 Å². The lowest BCUT2D eigenvalue weighted by Crippen LogP contribution is -2.37. The van der Waals surface area contributed by atoms with Crippen molar-refractivity contribution in [3.63, 3.8) is 0 Å². The molecule has 1 amide bonds. The molecule has 1 aliphatic heterocycles. The number of benzene rings is 2. The first kappa shape index (κ1) is 20.8. The van der Waals surface area contributed by atoms with Crippen molar-refractivity contribution < 1.29 is 14.3 Å². The summed E-state index contributed by atoms with van der Waals surface area (Å²) in [7, 11) is 0. The summed E-state index contributed by atoms with van der Waals surface area (Å²) >= 11 is 9.35. The lowest BCUT2D eigenvalue weighted by Gasteiger charge is -2.30. The maximum Gasteiger partial charge on any atom is 0.247 e. The molecule has 7 nitrogen and oxygen atoms in total. The zero-order valence-corrected chi connectivity index (χ0v) is 18.4. The second kappa shape index (κ2) is 9.16. The summed E-state index contributed by atoms with van der Waals surface area (Å²) in [6.07, 6.45) is 1.42. The lowest BCUT2D eigenvalue weighted by molar-refractivity contribution is -0.121. The maximum atomic E-state index is 12.6. The van der Waals surface area contributed by atoms with Crippen molar-refractivity contribution in [2.45, 2.75) is 19.4 Å². The van der Waals surface area contributed by atoms with Crippen LogP contribution in [0.1, 0.15) is 18.7 Å².